The first-order valence-corrected chi connectivity index (χ1v) is 10.3. The molecule has 7 heteroatoms. The van der Waals surface area contributed by atoms with Crippen molar-refractivity contribution in [2.24, 2.45) is 4.99 Å². The molecule has 0 fully saturated rings. The predicted octanol–water partition coefficient (Wildman–Crippen LogP) is 2.91. The number of aliphatic imine (C=N–C) groups is 1. The molecular formula is C20H27N5OS. The van der Waals surface area contributed by atoms with Crippen molar-refractivity contribution < 1.29 is 4.79 Å². The Hall–Kier alpha value is -2.41. The number of nitrogens with zero attached hydrogens (tertiary/aromatic N) is 3. The SMILES string of the molecule is CCNC(=NCC(=O)N1CCc2ccccc21)NCc1nc(C(C)C)cs1. The van der Waals surface area contributed by atoms with Gasteiger partial charge in [-0.2, -0.15) is 0 Å². The van der Waals surface area contributed by atoms with Crippen LogP contribution in [0.1, 0.15) is 43.0 Å². The number of hydrogen-bond acceptors (Lipinski definition) is 4. The van der Waals surface area contributed by atoms with Gasteiger partial charge in [0.1, 0.15) is 11.6 Å². The van der Waals surface area contributed by atoms with Gasteiger partial charge in [0.15, 0.2) is 5.96 Å². The van der Waals surface area contributed by atoms with E-state index in [0.717, 1.165) is 35.9 Å². The number of aromatic nitrogens is 1. The highest BCUT2D eigenvalue weighted by Gasteiger charge is 2.23. The van der Waals surface area contributed by atoms with Gasteiger partial charge in [-0.3, -0.25) is 4.79 Å². The maximum absolute atomic E-state index is 12.6. The monoisotopic (exact) mass is 385 g/mol. The maximum Gasteiger partial charge on any atom is 0.248 e. The van der Waals surface area contributed by atoms with Gasteiger partial charge in [0.25, 0.3) is 0 Å². The number of anilines is 1. The number of rotatable bonds is 6. The fourth-order valence-electron chi connectivity index (χ4n) is 3.00. The fourth-order valence-corrected chi connectivity index (χ4v) is 3.90. The summed E-state index contributed by atoms with van der Waals surface area (Å²) in [5, 5.41) is 9.58. The van der Waals surface area contributed by atoms with E-state index in [0.29, 0.717) is 18.4 Å². The molecular weight excluding hydrogens is 358 g/mol. The van der Waals surface area contributed by atoms with Gasteiger partial charge in [-0.25, -0.2) is 9.98 Å². The molecule has 0 aliphatic carbocycles. The van der Waals surface area contributed by atoms with Crippen LogP contribution >= 0.6 is 11.3 Å². The minimum absolute atomic E-state index is 0.0218. The van der Waals surface area contributed by atoms with Gasteiger partial charge in [-0.15, -0.1) is 11.3 Å². The second kappa shape index (κ2) is 8.99. The van der Waals surface area contributed by atoms with Crippen LogP contribution in [-0.4, -0.2) is 36.5 Å². The Labute approximate surface area is 164 Å². The average Bonchev–Trinajstić information content (AvgIpc) is 3.30. The molecule has 0 spiro atoms. The maximum atomic E-state index is 12.6. The van der Waals surface area contributed by atoms with E-state index < -0.39 is 0 Å². The first-order valence-electron chi connectivity index (χ1n) is 9.43. The normalized spacial score (nSPS) is 13.8. The highest BCUT2D eigenvalue weighted by atomic mass is 32.1. The van der Waals surface area contributed by atoms with Crippen molar-refractivity contribution >= 4 is 28.9 Å². The van der Waals surface area contributed by atoms with Crippen molar-refractivity contribution in [2.45, 2.75) is 39.7 Å². The highest BCUT2D eigenvalue weighted by Crippen LogP contribution is 2.27. The van der Waals surface area contributed by atoms with Crippen LogP contribution < -0.4 is 15.5 Å². The zero-order valence-electron chi connectivity index (χ0n) is 16.2. The number of carbonyl (C=O) groups is 1. The van der Waals surface area contributed by atoms with Crippen LogP contribution in [0, 0.1) is 0 Å². The highest BCUT2D eigenvalue weighted by molar-refractivity contribution is 7.09. The third-order valence-electron chi connectivity index (χ3n) is 4.47. The zero-order valence-corrected chi connectivity index (χ0v) is 17.0. The van der Waals surface area contributed by atoms with E-state index in [-0.39, 0.29) is 12.5 Å². The number of nitrogens with one attached hydrogen (secondary N) is 2. The topological polar surface area (TPSA) is 69.6 Å². The summed E-state index contributed by atoms with van der Waals surface area (Å²) < 4.78 is 0. The standard InChI is InChI=1S/C20H27N5OS/c1-4-21-20(22-11-18-24-16(13-27-18)14(2)3)23-12-19(26)25-10-9-15-7-5-6-8-17(15)25/h5-8,13-14H,4,9-12H2,1-3H3,(H2,21,22,23). The molecule has 0 atom stereocenters. The second-order valence-corrected chi connectivity index (χ2v) is 7.74. The average molecular weight is 386 g/mol. The Morgan fingerprint density at radius 1 is 1.33 bits per heavy atom. The van der Waals surface area contributed by atoms with Gasteiger partial charge >= 0.3 is 0 Å². The van der Waals surface area contributed by atoms with E-state index >= 15 is 0 Å². The van der Waals surface area contributed by atoms with Crippen molar-refractivity contribution in [3.8, 4) is 0 Å². The molecule has 2 heterocycles. The van der Waals surface area contributed by atoms with Crippen LogP contribution in [0.5, 0.6) is 0 Å². The van der Waals surface area contributed by atoms with E-state index in [9.17, 15) is 4.79 Å². The Bertz CT molecular complexity index is 814. The predicted molar refractivity (Wildman–Crippen MR) is 112 cm³/mol. The Balaban J connectivity index is 1.59. The van der Waals surface area contributed by atoms with Gasteiger partial charge in [0.05, 0.1) is 12.2 Å². The smallest absolute Gasteiger partial charge is 0.248 e. The molecule has 3 rings (SSSR count). The number of guanidine groups is 1. The Kier molecular flexibility index (Phi) is 6.45. The Morgan fingerprint density at radius 2 is 2.15 bits per heavy atom. The zero-order chi connectivity index (χ0) is 19.2. The number of para-hydroxylation sites is 1. The number of hydrogen-bond donors (Lipinski definition) is 2. The van der Waals surface area contributed by atoms with E-state index in [2.05, 4.69) is 45.9 Å². The molecule has 1 aliphatic rings. The summed E-state index contributed by atoms with van der Waals surface area (Å²) >= 11 is 1.64. The summed E-state index contributed by atoms with van der Waals surface area (Å²) in [6, 6.07) is 8.07. The molecule has 27 heavy (non-hydrogen) atoms. The summed E-state index contributed by atoms with van der Waals surface area (Å²) in [7, 11) is 0. The molecule has 2 N–H and O–H groups in total. The number of benzene rings is 1. The molecule has 1 amide bonds. The summed E-state index contributed by atoms with van der Waals surface area (Å²) in [4.78, 5) is 23.5. The Morgan fingerprint density at radius 3 is 2.89 bits per heavy atom. The summed E-state index contributed by atoms with van der Waals surface area (Å²) in [6.45, 7) is 8.48. The molecule has 1 aromatic carbocycles. The van der Waals surface area contributed by atoms with E-state index in [4.69, 9.17) is 0 Å². The van der Waals surface area contributed by atoms with E-state index in [1.54, 1.807) is 11.3 Å². The first-order chi connectivity index (χ1) is 13.1. The molecule has 1 aliphatic heterocycles. The van der Waals surface area contributed by atoms with Gasteiger partial charge in [0, 0.05) is 24.2 Å². The molecule has 2 aromatic rings. The second-order valence-electron chi connectivity index (χ2n) is 6.79. The molecule has 0 bridgehead atoms. The molecule has 0 saturated heterocycles. The molecule has 144 valence electrons. The minimum Gasteiger partial charge on any atom is -0.357 e. The van der Waals surface area contributed by atoms with Crippen LogP contribution in [0.15, 0.2) is 34.6 Å². The molecule has 0 unspecified atom stereocenters. The van der Waals surface area contributed by atoms with Crippen molar-refractivity contribution in [3.63, 3.8) is 0 Å². The number of amides is 1. The van der Waals surface area contributed by atoms with E-state index in [1.165, 1.54) is 5.56 Å². The largest absolute Gasteiger partial charge is 0.357 e. The van der Waals surface area contributed by atoms with Crippen LogP contribution in [0.3, 0.4) is 0 Å². The molecule has 0 saturated carbocycles. The lowest BCUT2D eigenvalue weighted by molar-refractivity contribution is -0.117. The fraction of sp³-hybridized carbons (Fsp3) is 0.450. The number of carbonyl (C=O) groups excluding carboxylic acids is 1. The lowest BCUT2D eigenvalue weighted by atomic mass is 10.2. The third-order valence-corrected chi connectivity index (χ3v) is 5.34. The molecule has 1 aromatic heterocycles. The molecule has 6 nitrogen and oxygen atoms in total. The third kappa shape index (κ3) is 4.86. The van der Waals surface area contributed by atoms with Gasteiger partial charge < -0.3 is 15.5 Å². The van der Waals surface area contributed by atoms with Crippen molar-refractivity contribution in [1.82, 2.24) is 15.6 Å². The van der Waals surface area contributed by atoms with Crippen molar-refractivity contribution in [3.05, 3.63) is 45.9 Å². The molecule has 0 radical (unpaired) electrons. The lowest BCUT2D eigenvalue weighted by Crippen LogP contribution is -2.38. The summed E-state index contributed by atoms with van der Waals surface area (Å²) in [5.41, 5.74) is 3.35. The van der Waals surface area contributed by atoms with Gasteiger partial charge in [-0.05, 0) is 30.9 Å². The summed E-state index contributed by atoms with van der Waals surface area (Å²) in [6.07, 6.45) is 0.909. The number of thiazole rings is 1. The first kappa shape index (κ1) is 19.4. The van der Waals surface area contributed by atoms with Crippen LogP contribution in [-0.2, 0) is 17.8 Å². The van der Waals surface area contributed by atoms with Crippen molar-refractivity contribution in [1.29, 1.82) is 0 Å². The van der Waals surface area contributed by atoms with Gasteiger partial charge in [-0.1, -0.05) is 32.0 Å². The number of fused-ring (bicyclic) bond motifs is 1. The van der Waals surface area contributed by atoms with Crippen LogP contribution in [0.2, 0.25) is 0 Å². The van der Waals surface area contributed by atoms with Crippen molar-refractivity contribution in [2.75, 3.05) is 24.5 Å². The van der Waals surface area contributed by atoms with Crippen LogP contribution in [0.4, 0.5) is 5.69 Å². The minimum atomic E-state index is 0.0218. The lowest BCUT2D eigenvalue weighted by Gasteiger charge is -2.17. The van der Waals surface area contributed by atoms with Crippen LogP contribution in [0.25, 0.3) is 0 Å². The quantitative estimate of drug-likeness (QED) is 0.593. The summed E-state index contributed by atoms with van der Waals surface area (Å²) in [5.74, 6) is 1.09. The van der Waals surface area contributed by atoms with Gasteiger partial charge in [0.2, 0.25) is 5.91 Å². The van der Waals surface area contributed by atoms with E-state index in [1.807, 2.05) is 30.0 Å².